The summed E-state index contributed by atoms with van der Waals surface area (Å²) in [6, 6.07) is 0. The van der Waals surface area contributed by atoms with Gasteiger partial charge in [0.2, 0.25) is 0 Å². The zero-order chi connectivity index (χ0) is 14.2. The van der Waals surface area contributed by atoms with Gasteiger partial charge in [-0.15, -0.1) is 11.3 Å². The summed E-state index contributed by atoms with van der Waals surface area (Å²) in [5.41, 5.74) is 1.03. The molecule has 2 aliphatic rings. The van der Waals surface area contributed by atoms with E-state index in [1.54, 1.807) is 11.3 Å². The minimum Gasteiger partial charge on any atom is -0.481 e. The van der Waals surface area contributed by atoms with Crippen molar-refractivity contribution in [1.82, 2.24) is 4.98 Å². The largest absolute Gasteiger partial charge is 0.481 e. The number of aliphatic carboxylic acids is 1. The molecule has 1 aliphatic heterocycles. The smallest absolute Gasteiger partial charge is 0.312 e. The molecule has 1 unspecified atom stereocenters. The normalized spacial score (nSPS) is 24.4. The Labute approximate surface area is 122 Å². The Bertz CT molecular complexity index is 509. The molecule has 1 aromatic rings. The van der Waals surface area contributed by atoms with E-state index in [4.69, 9.17) is 4.74 Å². The summed E-state index contributed by atoms with van der Waals surface area (Å²) in [5, 5.41) is 13.4. The molecular formula is C14H20N2O3S. The Kier molecular flexibility index (Phi) is 3.69. The molecule has 3 rings (SSSR count). The summed E-state index contributed by atoms with van der Waals surface area (Å²) in [5.74, 6) is -1.16. The maximum atomic E-state index is 11.2. The molecule has 5 nitrogen and oxygen atoms in total. The first-order valence-electron chi connectivity index (χ1n) is 7.11. The number of hydrogen-bond acceptors (Lipinski definition) is 5. The van der Waals surface area contributed by atoms with Crippen LogP contribution < -0.4 is 5.32 Å². The van der Waals surface area contributed by atoms with Crippen molar-refractivity contribution in [3.8, 4) is 0 Å². The Morgan fingerprint density at radius 2 is 2.30 bits per heavy atom. The molecule has 1 fully saturated rings. The zero-order valence-corrected chi connectivity index (χ0v) is 12.5. The Balaban J connectivity index is 1.65. The van der Waals surface area contributed by atoms with Gasteiger partial charge in [0.15, 0.2) is 5.13 Å². The molecule has 2 N–H and O–H groups in total. The van der Waals surface area contributed by atoms with Crippen molar-refractivity contribution in [2.24, 2.45) is 5.41 Å². The predicted molar refractivity (Wildman–Crippen MR) is 77.5 cm³/mol. The van der Waals surface area contributed by atoms with Gasteiger partial charge >= 0.3 is 5.97 Å². The lowest BCUT2D eigenvalue weighted by Gasteiger charge is -2.33. The van der Waals surface area contributed by atoms with E-state index in [1.165, 1.54) is 0 Å². The average Bonchev–Trinajstić information content (AvgIpc) is 2.96. The monoisotopic (exact) mass is 296 g/mol. The van der Waals surface area contributed by atoms with Crippen molar-refractivity contribution < 1.29 is 14.6 Å². The molecule has 0 bridgehead atoms. The Morgan fingerprint density at radius 3 is 3.00 bits per heavy atom. The number of thiazole rings is 1. The van der Waals surface area contributed by atoms with Crippen LogP contribution in [0, 0.1) is 5.41 Å². The number of anilines is 1. The molecule has 6 heteroatoms. The molecule has 0 saturated carbocycles. The fourth-order valence-electron chi connectivity index (χ4n) is 2.87. The van der Waals surface area contributed by atoms with Gasteiger partial charge in [-0.1, -0.05) is 6.92 Å². The highest BCUT2D eigenvalue weighted by Crippen LogP contribution is 2.39. The van der Waals surface area contributed by atoms with Crippen LogP contribution in [-0.2, 0) is 16.0 Å². The first kappa shape index (κ1) is 13.8. The van der Waals surface area contributed by atoms with Crippen molar-refractivity contribution in [3.63, 3.8) is 0 Å². The van der Waals surface area contributed by atoms with Gasteiger partial charge in [-0.2, -0.15) is 0 Å². The van der Waals surface area contributed by atoms with Crippen LogP contribution in [-0.4, -0.2) is 35.8 Å². The summed E-state index contributed by atoms with van der Waals surface area (Å²) in [7, 11) is 0. The van der Waals surface area contributed by atoms with E-state index in [2.05, 4.69) is 17.2 Å². The van der Waals surface area contributed by atoms with Crippen LogP contribution in [0.25, 0.3) is 0 Å². The van der Waals surface area contributed by atoms with E-state index in [-0.39, 0.29) is 5.41 Å². The van der Waals surface area contributed by atoms with Crippen molar-refractivity contribution in [1.29, 1.82) is 0 Å². The third kappa shape index (κ3) is 2.67. The third-order valence-corrected chi connectivity index (χ3v) is 5.47. The topological polar surface area (TPSA) is 71.5 Å². The standard InChI is InChI=1S/C14H20N2O3S/c1-14(4-6-19-7-5-14)8-15-13-16-11-9(12(17)18)2-3-10(11)20-13/h9H,2-8H2,1H3,(H,15,16)(H,17,18). The molecule has 0 aromatic carbocycles. The van der Waals surface area contributed by atoms with Crippen LogP contribution in [0.4, 0.5) is 5.13 Å². The number of hydrogen-bond donors (Lipinski definition) is 2. The van der Waals surface area contributed by atoms with Gasteiger partial charge in [-0.05, 0) is 31.1 Å². The van der Waals surface area contributed by atoms with Crippen molar-refractivity contribution in [2.75, 3.05) is 25.1 Å². The lowest BCUT2D eigenvalue weighted by atomic mass is 9.82. The summed E-state index contributed by atoms with van der Waals surface area (Å²) >= 11 is 1.61. The minimum atomic E-state index is -0.753. The number of aryl methyl sites for hydroxylation is 1. The second-order valence-corrected chi connectivity index (χ2v) is 7.12. The molecule has 0 amide bonds. The molecule has 1 atom stereocenters. The average molecular weight is 296 g/mol. The van der Waals surface area contributed by atoms with Crippen molar-refractivity contribution in [2.45, 2.75) is 38.5 Å². The Hall–Kier alpha value is -1.14. The number of carboxylic acid groups (broad SMARTS) is 1. The lowest BCUT2D eigenvalue weighted by Crippen LogP contribution is -2.33. The SMILES string of the molecule is CC1(CNc2nc3c(s2)CCC3C(=O)O)CCOCC1. The lowest BCUT2D eigenvalue weighted by molar-refractivity contribution is -0.138. The maximum absolute atomic E-state index is 11.2. The zero-order valence-electron chi connectivity index (χ0n) is 11.6. The van der Waals surface area contributed by atoms with Gasteiger partial charge in [0.25, 0.3) is 0 Å². The van der Waals surface area contributed by atoms with E-state index >= 15 is 0 Å². The fourth-order valence-corrected chi connectivity index (χ4v) is 3.91. The molecule has 0 spiro atoms. The van der Waals surface area contributed by atoms with E-state index in [0.29, 0.717) is 6.42 Å². The molecule has 1 aliphatic carbocycles. The summed E-state index contributed by atoms with van der Waals surface area (Å²) < 4.78 is 5.40. The number of aromatic nitrogens is 1. The van der Waals surface area contributed by atoms with Gasteiger partial charge in [0.1, 0.15) is 5.92 Å². The van der Waals surface area contributed by atoms with Crippen LogP contribution >= 0.6 is 11.3 Å². The van der Waals surface area contributed by atoms with Gasteiger partial charge in [-0.3, -0.25) is 4.79 Å². The molecule has 0 radical (unpaired) electrons. The van der Waals surface area contributed by atoms with E-state index < -0.39 is 11.9 Å². The first-order chi connectivity index (χ1) is 9.57. The summed E-state index contributed by atoms with van der Waals surface area (Å²) in [4.78, 5) is 16.8. The molecular weight excluding hydrogens is 276 g/mol. The first-order valence-corrected chi connectivity index (χ1v) is 7.93. The van der Waals surface area contributed by atoms with Gasteiger partial charge < -0.3 is 15.2 Å². The van der Waals surface area contributed by atoms with Crippen LogP contribution in [0.2, 0.25) is 0 Å². The number of carboxylic acids is 1. The Morgan fingerprint density at radius 1 is 1.55 bits per heavy atom. The van der Waals surface area contributed by atoms with E-state index in [1.807, 2.05) is 0 Å². The van der Waals surface area contributed by atoms with E-state index in [9.17, 15) is 9.90 Å². The number of nitrogens with one attached hydrogen (secondary N) is 1. The second-order valence-electron chi connectivity index (χ2n) is 6.03. The third-order valence-electron chi connectivity index (χ3n) is 4.38. The predicted octanol–water partition coefficient (Wildman–Crippen LogP) is 2.49. The maximum Gasteiger partial charge on any atom is 0.312 e. The van der Waals surface area contributed by atoms with Gasteiger partial charge in [-0.25, -0.2) is 4.98 Å². The molecule has 1 saturated heterocycles. The molecule has 2 heterocycles. The number of carbonyl (C=O) groups is 1. The molecule has 110 valence electrons. The molecule has 20 heavy (non-hydrogen) atoms. The molecule has 1 aromatic heterocycles. The van der Waals surface area contributed by atoms with Crippen LogP contribution in [0.3, 0.4) is 0 Å². The number of rotatable bonds is 4. The fraction of sp³-hybridized carbons (Fsp3) is 0.714. The summed E-state index contributed by atoms with van der Waals surface area (Å²) in [6.07, 6.45) is 3.65. The van der Waals surface area contributed by atoms with Crippen LogP contribution in [0.5, 0.6) is 0 Å². The van der Waals surface area contributed by atoms with Crippen molar-refractivity contribution >= 4 is 22.4 Å². The highest BCUT2D eigenvalue weighted by atomic mass is 32.1. The highest BCUT2D eigenvalue weighted by Gasteiger charge is 2.33. The highest BCUT2D eigenvalue weighted by molar-refractivity contribution is 7.15. The quantitative estimate of drug-likeness (QED) is 0.893. The number of ether oxygens (including phenoxy) is 1. The van der Waals surface area contributed by atoms with Gasteiger partial charge in [0, 0.05) is 24.6 Å². The van der Waals surface area contributed by atoms with Gasteiger partial charge in [0.05, 0.1) is 5.69 Å². The minimum absolute atomic E-state index is 0.251. The number of fused-ring (bicyclic) bond motifs is 1. The van der Waals surface area contributed by atoms with Crippen LogP contribution in [0.1, 0.15) is 42.7 Å². The van der Waals surface area contributed by atoms with Crippen molar-refractivity contribution in [3.05, 3.63) is 10.6 Å². The van der Waals surface area contributed by atoms with E-state index in [0.717, 1.165) is 54.7 Å². The number of nitrogens with zero attached hydrogens (tertiary/aromatic N) is 1. The van der Waals surface area contributed by atoms with Crippen LogP contribution in [0.15, 0.2) is 0 Å². The second kappa shape index (κ2) is 5.33. The summed E-state index contributed by atoms with van der Waals surface area (Å²) in [6.45, 7) is 4.80.